The third-order valence-corrected chi connectivity index (χ3v) is 5.93. The average molecular weight is 353 g/mol. The molecule has 0 aliphatic carbocycles. The van der Waals surface area contributed by atoms with Crippen molar-refractivity contribution in [3.8, 4) is 0 Å². The summed E-state index contributed by atoms with van der Waals surface area (Å²) in [4.78, 5) is 10.5. The SMILES string of the molecule is CS(=O)(=O)c1cc([N+](=O)[O-])c(NCc2nnc3ccccn23)s1. The monoisotopic (exact) mass is 353 g/mol. The van der Waals surface area contributed by atoms with Crippen LogP contribution in [0, 0.1) is 10.1 Å². The van der Waals surface area contributed by atoms with Crippen molar-refractivity contribution >= 4 is 37.5 Å². The molecule has 0 aromatic carbocycles. The van der Waals surface area contributed by atoms with Crippen molar-refractivity contribution in [1.29, 1.82) is 0 Å². The molecule has 3 aromatic heterocycles. The molecule has 120 valence electrons. The second-order valence-electron chi connectivity index (χ2n) is 4.71. The zero-order chi connectivity index (χ0) is 16.6. The standard InChI is InChI=1S/C12H11N5O4S2/c1-23(20,21)11-6-8(17(18)19)12(22-11)13-7-10-15-14-9-4-2-3-5-16(9)10/h2-6,13H,7H2,1H3. The van der Waals surface area contributed by atoms with Crippen LogP contribution in [-0.2, 0) is 16.4 Å². The van der Waals surface area contributed by atoms with Crippen molar-refractivity contribution in [3.63, 3.8) is 0 Å². The molecule has 0 aliphatic rings. The summed E-state index contributed by atoms with van der Waals surface area (Å²) in [6.45, 7) is 0.176. The van der Waals surface area contributed by atoms with Gasteiger partial charge in [-0.2, -0.15) is 0 Å². The Hall–Kier alpha value is -2.53. The van der Waals surface area contributed by atoms with Crippen molar-refractivity contribution < 1.29 is 13.3 Å². The van der Waals surface area contributed by atoms with Gasteiger partial charge in [0.1, 0.15) is 4.21 Å². The van der Waals surface area contributed by atoms with E-state index in [-0.39, 0.29) is 21.4 Å². The topological polar surface area (TPSA) is 120 Å². The first-order valence-corrected chi connectivity index (χ1v) is 9.08. The Morgan fingerprint density at radius 2 is 2.17 bits per heavy atom. The van der Waals surface area contributed by atoms with E-state index >= 15 is 0 Å². The third kappa shape index (κ3) is 3.00. The molecule has 3 rings (SSSR count). The van der Waals surface area contributed by atoms with Gasteiger partial charge in [0.05, 0.1) is 11.5 Å². The summed E-state index contributed by atoms with van der Waals surface area (Å²) in [7, 11) is -3.50. The number of thiophene rings is 1. The van der Waals surface area contributed by atoms with Gasteiger partial charge in [0.15, 0.2) is 26.3 Å². The predicted octanol–water partition coefficient (Wildman–Crippen LogP) is 1.71. The summed E-state index contributed by atoms with van der Waals surface area (Å²) in [6, 6.07) is 6.48. The molecule has 0 amide bonds. The number of nitrogens with zero attached hydrogens (tertiary/aromatic N) is 4. The van der Waals surface area contributed by atoms with E-state index in [4.69, 9.17) is 0 Å². The van der Waals surface area contributed by atoms with E-state index in [1.807, 2.05) is 12.1 Å². The molecule has 3 heterocycles. The number of anilines is 1. The lowest BCUT2D eigenvalue weighted by molar-refractivity contribution is -0.383. The Morgan fingerprint density at radius 3 is 2.87 bits per heavy atom. The highest BCUT2D eigenvalue weighted by atomic mass is 32.2. The molecule has 0 saturated carbocycles. The third-order valence-electron chi connectivity index (χ3n) is 3.04. The van der Waals surface area contributed by atoms with E-state index in [9.17, 15) is 18.5 Å². The lowest BCUT2D eigenvalue weighted by Crippen LogP contribution is -2.04. The average Bonchev–Trinajstić information content (AvgIpc) is 3.09. The van der Waals surface area contributed by atoms with Crippen LogP contribution in [0.2, 0.25) is 0 Å². The van der Waals surface area contributed by atoms with Crippen LogP contribution in [0.25, 0.3) is 5.65 Å². The minimum atomic E-state index is -3.50. The molecular formula is C12H11N5O4S2. The van der Waals surface area contributed by atoms with E-state index < -0.39 is 14.8 Å². The van der Waals surface area contributed by atoms with Gasteiger partial charge in [-0.25, -0.2) is 8.42 Å². The minimum absolute atomic E-state index is 0.0576. The van der Waals surface area contributed by atoms with Gasteiger partial charge in [0.25, 0.3) is 0 Å². The van der Waals surface area contributed by atoms with Gasteiger partial charge in [-0.3, -0.25) is 14.5 Å². The van der Waals surface area contributed by atoms with Crippen molar-refractivity contribution in [1.82, 2.24) is 14.6 Å². The highest BCUT2D eigenvalue weighted by Gasteiger charge is 2.23. The first-order valence-electron chi connectivity index (χ1n) is 6.37. The Kier molecular flexibility index (Phi) is 3.74. The smallest absolute Gasteiger partial charge is 0.304 e. The van der Waals surface area contributed by atoms with Crippen LogP contribution in [0.3, 0.4) is 0 Å². The van der Waals surface area contributed by atoms with E-state index in [1.165, 1.54) is 0 Å². The van der Waals surface area contributed by atoms with E-state index in [2.05, 4.69) is 15.5 Å². The number of hydrogen-bond acceptors (Lipinski definition) is 8. The van der Waals surface area contributed by atoms with Crippen LogP contribution >= 0.6 is 11.3 Å². The van der Waals surface area contributed by atoms with E-state index in [1.54, 1.807) is 16.7 Å². The first kappa shape index (κ1) is 15.4. The van der Waals surface area contributed by atoms with Gasteiger partial charge < -0.3 is 5.32 Å². The molecule has 23 heavy (non-hydrogen) atoms. The summed E-state index contributed by atoms with van der Waals surface area (Å²) >= 11 is 0.824. The van der Waals surface area contributed by atoms with E-state index in [0.29, 0.717) is 11.5 Å². The fourth-order valence-corrected chi connectivity index (χ4v) is 3.91. The molecular weight excluding hydrogens is 342 g/mol. The molecule has 0 saturated heterocycles. The summed E-state index contributed by atoms with van der Waals surface area (Å²) in [6.07, 6.45) is 2.79. The normalized spacial score (nSPS) is 11.7. The minimum Gasteiger partial charge on any atom is -0.364 e. The van der Waals surface area contributed by atoms with Crippen LogP contribution in [0.1, 0.15) is 5.82 Å². The number of aromatic nitrogens is 3. The zero-order valence-corrected chi connectivity index (χ0v) is 13.5. The van der Waals surface area contributed by atoms with Gasteiger partial charge in [0.2, 0.25) is 0 Å². The van der Waals surface area contributed by atoms with Gasteiger partial charge in [-0.1, -0.05) is 17.4 Å². The van der Waals surface area contributed by atoms with Gasteiger partial charge in [-0.15, -0.1) is 10.2 Å². The van der Waals surface area contributed by atoms with Crippen molar-refractivity contribution in [2.75, 3.05) is 11.6 Å². The Balaban J connectivity index is 1.91. The number of hydrogen-bond donors (Lipinski definition) is 1. The van der Waals surface area contributed by atoms with Crippen molar-refractivity contribution in [2.24, 2.45) is 0 Å². The maximum absolute atomic E-state index is 11.6. The Bertz CT molecular complexity index is 992. The second kappa shape index (κ2) is 5.59. The highest BCUT2D eigenvalue weighted by molar-refractivity contribution is 7.92. The molecule has 0 spiro atoms. The number of pyridine rings is 1. The number of rotatable bonds is 5. The lowest BCUT2D eigenvalue weighted by Gasteiger charge is -2.02. The fraction of sp³-hybridized carbons (Fsp3) is 0.167. The van der Waals surface area contributed by atoms with Crippen LogP contribution < -0.4 is 5.32 Å². The first-order chi connectivity index (χ1) is 10.9. The molecule has 0 aliphatic heterocycles. The van der Waals surface area contributed by atoms with Gasteiger partial charge in [-0.05, 0) is 12.1 Å². The quantitative estimate of drug-likeness (QED) is 0.547. The molecule has 0 fully saturated rings. The predicted molar refractivity (Wildman–Crippen MR) is 84.4 cm³/mol. The molecule has 11 heteroatoms. The maximum Gasteiger partial charge on any atom is 0.304 e. The molecule has 9 nitrogen and oxygen atoms in total. The van der Waals surface area contributed by atoms with Crippen LogP contribution in [0.5, 0.6) is 0 Å². The number of nitro groups is 1. The molecule has 3 aromatic rings. The van der Waals surface area contributed by atoms with Crippen LogP contribution in [-0.4, -0.2) is 34.2 Å². The summed E-state index contributed by atoms with van der Waals surface area (Å²) in [5, 5.41) is 22.1. The Labute approximate surface area is 134 Å². The zero-order valence-electron chi connectivity index (χ0n) is 11.8. The number of nitrogens with one attached hydrogen (secondary N) is 1. The van der Waals surface area contributed by atoms with Gasteiger partial charge >= 0.3 is 5.69 Å². The highest BCUT2D eigenvalue weighted by Crippen LogP contribution is 2.37. The largest absolute Gasteiger partial charge is 0.364 e. The van der Waals surface area contributed by atoms with Crippen molar-refractivity contribution in [3.05, 3.63) is 46.4 Å². The van der Waals surface area contributed by atoms with E-state index in [0.717, 1.165) is 23.7 Å². The second-order valence-corrected chi connectivity index (χ2v) is 8.00. The summed E-state index contributed by atoms with van der Waals surface area (Å²) < 4.78 is 24.8. The molecule has 1 N–H and O–H groups in total. The molecule has 0 bridgehead atoms. The lowest BCUT2D eigenvalue weighted by atomic mass is 10.4. The molecule has 0 radical (unpaired) electrons. The van der Waals surface area contributed by atoms with Crippen molar-refractivity contribution in [2.45, 2.75) is 10.8 Å². The Morgan fingerprint density at radius 1 is 1.39 bits per heavy atom. The van der Waals surface area contributed by atoms with Crippen LogP contribution in [0.15, 0.2) is 34.7 Å². The molecule has 0 atom stereocenters. The van der Waals surface area contributed by atoms with Crippen LogP contribution in [0.4, 0.5) is 10.7 Å². The summed E-state index contributed by atoms with van der Waals surface area (Å²) in [5.41, 5.74) is 0.381. The maximum atomic E-state index is 11.6. The molecule has 0 unspecified atom stereocenters. The number of sulfone groups is 1. The fourth-order valence-electron chi connectivity index (χ4n) is 1.98. The van der Waals surface area contributed by atoms with Gasteiger partial charge in [0, 0.05) is 18.5 Å². The number of fused-ring (bicyclic) bond motifs is 1. The summed E-state index contributed by atoms with van der Waals surface area (Å²) in [5.74, 6) is 0.559.